The van der Waals surface area contributed by atoms with Crippen LogP contribution in [-0.4, -0.2) is 25.2 Å². The second kappa shape index (κ2) is 7.35. The highest BCUT2D eigenvalue weighted by Crippen LogP contribution is 2.11. The van der Waals surface area contributed by atoms with Gasteiger partial charge in [-0.05, 0) is 6.42 Å². The summed E-state index contributed by atoms with van der Waals surface area (Å²) in [5.74, 6) is -1.49. The summed E-state index contributed by atoms with van der Waals surface area (Å²) >= 11 is 0. The number of ether oxygens (including phenoxy) is 2. The third-order valence-corrected chi connectivity index (χ3v) is 1.71. The van der Waals surface area contributed by atoms with Crippen molar-refractivity contribution < 1.29 is 19.1 Å². The number of hydrogen-bond donors (Lipinski definition) is 0. The highest BCUT2D eigenvalue weighted by molar-refractivity contribution is 5.79. The van der Waals surface area contributed by atoms with Crippen LogP contribution in [0.5, 0.6) is 0 Å². The van der Waals surface area contributed by atoms with Gasteiger partial charge in [-0.15, -0.1) is 0 Å². The molecule has 0 N–H and O–H groups in total. The summed E-state index contributed by atoms with van der Waals surface area (Å²) < 4.78 is 9.08. The summed E-state index contributed by atoms with van der Waals surface area (Å²) in [7, 11) is 0. The molecule has 0 aliphatic rings. The predicted octanol–water partition coefficient (Wildman–Crippen LogP) is 0.911. The van der Waals surface area contributed by atoms with Gasteiger partial charge >= 0.3 is 11.9 Å². The van der Waals surface area contributed by atoms with Crippen molar-refractivity contribution in [3.63, 3.8) is 0 Å². The molecule has 78 valence electrons. The lowest BCUT2D eigenvalue weighted by Crippen LogP contribution is -2.21. The Morgan fingerprint density at radius 2 is 1.79 bits per heavy atom. The fraction of sp³-hybridized carbons (Fsp3) is 0.600. The smallest absolute Gasteiger partial charge is 0.309 e. The zero-order chi connectivity index (χ0) is 11.0. The van der Waals surface area contributed by atoms with Crippen LogP contribution < -0.4 is 0 Å². The molecular weight excluding hydrogens is 184 g/mol. The molecule has 1 atom stereocenters. The largest absolute Gasteiger partial charge is 0.465 e. The Morgan fingerprint density at radius 1 is 1.21 bits per heavy atom. The fourth-order valence-electron chi connectivity index (χ4n) is 0.947. The Labute approximate surface area is 84.6 Å². The molecule has 0 heterocycles. The van der Waals surface area contributed by atoms with Gasteiger partial charge in [0.15, 0.2) is 0 Å². The topological polar surface area (TPSA) is 52.6 Å². The molecule has 0 aromatic heterocycles. The van der Waals surface area contributed by atoms with Crippen LogP contribution >= 0.6 is 0 Å². The maximum Gasteiger partial charge on any atom is 0.309 e. The minimum atomic E-state index is -0.506. The summed E-state index contributed by atoms with van der Waals surface area (Å²) in [5, 5.41) is 0. The van der Waals surface area contributed by atoms with E-state index in [4.69, 9.17) is 13.8 Å². The van der Waals surface area contributed by atoms with Gasteiger partial charge in [0.1, 0.15) is 0 Å². The number of esters is 2. The van der Waals surface area contributed by atoms with E-state index < -0.39 is 17.9 Å². The quantitative estimate of drug-likeness (QED) is 0.595. The van der Waals surface area contributed by atoms with Crippen LogP contribution in [0.4, 0.5) is 0 Å². The zero-order valence-corrected chi connectivity index (χ0v) is 8.19. The molecule has 0 aromatic carbocycles. The van der Waals surface area contributed by atoms with Gasteiger partial charge in [-0.25, -0.2) is 0 Å². The molecule has 0 amide bonds. The standard InChI is InChI=1S/C10H14O4/c1-4-8(10(12)14-6-3)7-9(11)13-5-2/h2-3,8H,4-7H2,1H3. The van der Waals surface area contributed by atoms with E-state index >= 15 is 0 Å². The number of hydrogen-bond acceptors (Lipinski definition) is 4. The molecule has 1 unspecified atom stereocenters. The van der Waals surface area contributed by atoms with E-state index in [0.29, 0.717) is 6.42 Å². The van der Waals surface area contributed by atoms with E-state index in [1.54, 1.807) is 6.92 Å². The lowest BCUT2D eigenvalue weighted by atomic mass is 10.0. The van der Waals surface area contributed by atoms with E-state index in [0.717, 1.165) is 0 Å². The van der Waals surface area contributed by atoms with Gasteiger partial charge in [0.2, 0.25) is 0 Å². The van der Waals surface area contributed by atoms with Crippen molar-refractivity contribution in [3.05, 3.63) is 13.8 Å². The zero-order valence-electron chi connectivity index (χ0n) is 8.19. The third-order valence-electron chi connectivity index (χ3n) is 1.71. The monoisotopic (exact) mass is 198 g/mol. The second-order valence-electron chi connectivity index (χ2n) is 2.62. The van der Waals surface area contributed by atoms with Gasteiger partial charge in [-0.3, -0.25) is 9.59 Å². The van der Waals surface area contributed by atoms with Crippen molar-refractivity contribution in [2.45, 2.75) is 19.8 Å². The summed E-state index contributed by atoms with van der Waals surface area (Å²) in [5.41, 5.74) is 0. The van der Waals surface area contributed by atoms with Gasteiger partial charge in [0, 0.05) is 13.8 Å². The molecule has 0 fully saturated rings. The fourth-order valence-corrected chi connectivity index (χ4v) is 0.947. The van der Waals surface area contributed by atoms with Crippen LogP contribution in [0.3, 0.4) is 0 Å². The molecule has 0 aliphatic carbocycles. The van der Waals surface area contributed by atoms with Gasteiger partial charge in [-0.2, -0.15) is 0 Å². The van der Waals surface area contributed by atoms with Crippen molar-refractivity contribution in [1.82, 2.24) is 0 Å². The van der Waals surface area contributed by atoms with Crippen LogP contribution in [0.25, 0.3) is 0 Å². The average Bonchev–Trinajstić information content (AvgIpc) is 2.15. The van der Waals surface area contributed by atoms with Gasteiger partial charge in [0.25, 0.3) is 0 Å². The Morgan fingerprint density at radius 3 is 2.21 bits per heavy atom. The third kappa shape index (κ3) is 4.84. The first-order chi connectivity index (χ1) is 6.65. The first-order valence-corrected chi connectivity index (χ1v) is 4.38. The number of rotatable bonds is 6. The lowest BCUT2D eigenvalue weighted by Gasteiger charge is -2.11. The Hall–Kier alpha value is -1.06. The van der Waals surface area contributed by atoms with Crippen molar-refractivity contribution in [2.75, 3.05) is 13.2 Å². The van der Waals surface area contributed by atoms with E-state index in [1.807, 2.05) is 0 Å². The first kappa shape index (κ1) is 12.9. The minimum absolute atomic E-state index is 0.0213. The molecule has 0 rings (SSSR count). The second-order valence-corrected chi connectivity index (χ2v) is 2.62. The van der Waals surface area contributed by atoms with E-state index in [2.05, 4.69) is 9.47 Å². The summed E-state index contributed by atoms with van der Waals surface area (Å²) in [6, 6.07) is 0. The Bertz CT molecular complexity index is 189. The van der Waals surface area contributed by atoms with Crippen LogP contribution in [0.1, 0.15) is 19.8 Å². The molecule has 4 nitrogen and oxygen atoms in total. The minimum Gasteiger partial charge on any atom is -0.465 e. The van der Waals surface area contributed by atoms with E-state index in [9.17, 15) is 9.59 Å². The van der Waals surface area contributed by atoms with E-state index in [1.165, 1.54) is 0 Å². The summed E-state index contributed by atoms with van der Waals surface area (Å²) in [6.45, 7) is 11.5. The summed E-state index contributed by atoms with van der Waals surface area (Å²) in [4.78, 5) is 22.2. The normalized spacial score (nSPS) is 11.9. The summed E-state index contributed by atoms with van der Waals surface area (Å²) in [6.07, 6.45) is 0.477. The van der Waals surface area contributed by atoms with Crippen LogP contribution in [-0.2, 0) is 19.1 Å². The Kier molecular flexibility index (Phi) is 6.80. The van der Waals surface area contributed by atoms with Crippen molar-refractivity contribution in [1.29, 1.82) is 0 Å². The molecule has 0 bridgehead atoms. The highest BCUT2D eigenvalue weighted by Gasteiger charge is 2.21. The van der Waals surface area contributed by atoms with Crippen molar-refractivity contribution in [3.8, 4) is 0 Å². The molecule has 0 saturated carbocycles. The average molecular weight is 198 g/mol. The molecule has 0 aliphatic heterocycles. The van der Waals surface area contributed by atoms with Crippen LogP contribution in [0.15, 0.2) is 0 Å². The SMILES string of the molecule is [CH]COC(=O)CC(CC)C(=O)OC[CH]. The maximum absolute atomic E-state index is 11.2. The van der Waals surface area contributed by atoms with Crippen LogP contribution in [0, 0.1) is 19.8 Å². The number of carbonyl (C=O) groups excluding carboxylic acids is 2. The first-order valence-electron chi connectivity index (χ1n) is 4.38. The lowest BCUT2D eigenvalue weighted by molar-refractivity contribution is -0.154. The molecule has 0 aromatic rings. The van der Waals surface area contributed by atoms with Gasteiger partial charge < -0.3 is 9.47 Å². The predicted molar refractivity (Wildman–Crippen MR) is 48.9 cm³/mol. The highest BCUT2D eigenvalue weighted by atomic mass is 16.5. The number of carbonyl (C=O) groups is 2. The van der Waals surface area contributed by atoms with Crippen molar-refractivity contribution >= 4 is 11.9 Å². The molecule has 0 spiro atoms. The molecule has 4 heteroatoms. The maximum atomic E-state index is 11.2. The van der Waals surface area contributed by atoms with Gasteiger partial charge in [-0.1, -0.05) is 6.92 Å². The molecule has 4 radical (unpaired) electrons. The van der Waals surface area contributed by atoms with Gasteiger partial charge in [0.05, 0.1) is 25.6 Å². The molecule has 14 heavy (non-hydrogen) atoms. The molecule has 0 saturated heterocycles. The molecular formula is C10H14O4. The Balaban J connectivity index is 4.01. The van der Waals surface area contributed by atoms with Crippen molar-refractivity contribution in [2.24, 2.45) is 5.92 Å². The van der Waals surface area contributed by atoms with Crippen LogP contribution in [0.2, 0.25) is 0 Å². The van der Waals surface area contributed by atoms with E-state index in [-0.39, 0.29) is 19.6 Å².